The van der Waals surface area contributed by atoms with Gasteiger partial charge in [0.25, 0.3) is 0 Å². The third-order valence-electron chi connectivity index (χ3n) is 0. The van der Waals surface area contributed by atoms with E-state index in [0.717, 1.165) is 0 Å². The molecule has 0 fully saturated rings. The van der Waals surface area contributed by atoms with Gasteiger partial charge >= 0.3 is 27.5 Å². The molecule has 0 heterocycles. The van der Waals surface area contributed by atoms with Gasteiger partial charge in [0.1, 0.15) is 0 Å². The Morgan fingerprint density at radius 2 is 1.25 bits per heavy atom. The first-order valence-corrected chi connectivity index (χ1v) is 1.60. The van der Waals surface area contributed by atoms with Crippen molar-refractivity contribution in [1.29, 1.82) is 0 Å². The Morgan fingerprint density at radius 3 is 1.25 bits per heavy atom. The third kappa shape index (κ3) is 9.77. The van der Waals surface area contributed by atoms with Gasteiger partial charge in [-0.1, -0.05) is 0 Å². The second-order valence-corrected chi connectivity index (χ2v) is 0. The molecule has 0 atom stereocenters. The van der Waals surface area contributed by atoms with E-state index >= 15 is 0 Å². The van der Waals surface area contributed by atoms with Crippen LogP contribution in [0.2, 0.25) is 0 Å². The van der Waals surface area contributed by atoms with E-state index in [1.807, 2.05) is 0 Å². The minimum atomic E-state index is 0. The molecule has 0 unspecified atom stereocenters. The van der Waals surface area contributed by atoms with Crippen LogP contribution in [0.25, 0.3) is 0 Å². The summed E-state index contributed by atoms with van der Waals surface area (Å²) in [5.74, 6) is 0. The summed E-state index contributed by atoms with van der Waals surface area (Å²) in [5.41, 5.74) is 0. The van der Waals surface area contributed by atoms with Crippen molar-refractivity contribution in [2.45, 2.75) is 0 Å². The normalized spacial score (nSPS) is 1.00. The first-order valence-electron chi connectivity index (χ1n) is 0.183. The summed E-state index contributed by atoms with van der Waals surface area (Å²) in [6.07, 6.45) is 0. The van der Waals surface area contributed by atoms with Crippen LogP contribution in [0.5, 0.6) is 0 Å². The molecule has 0 amide bonds. The van der Waals surface area contributed by atoms with Gasteiger partial charge in [-0.25, -0.2) is 0 Å². The van der Waals surface area contributed by atoms with Gasteiger partial charge < -0.3 is 0 Å². The molecule has 0 N–H and O–H groups in total. The van der Waals surface area contributed by atoms with Crippen LogP contribution in [0, 0.1) is 0 Å². The molecule has 0 saturated heterocycles. The number of hydrogen-bond acceptors (Lipinski definition) is 1. The predicted molar refractivity (Wildman–Crippen MR) is 13.7 cm³/mol. The molecule has 0 aliphatic heterocycles. The summed E-state index contributed by atoms with van der Waals surface area (Å²) in [6, 6.07) is 0. The van der Waals surface area contributed by atoms with Crippen molar-refractivity contribution in [3.63, 3.8) is 0 Å². The Balaban J connectivity index is -0.00000000500. The number of halogens is 1. The molecule has 4 heteroatoms. The Bertz CT molecular complexity index is 8.00. The second kappa shape index (κ2) is 24.8. The molecule has 1 nitrogen and oxygen atoms in total. The summed E-state index contributed by atoms with van der Waals surface area (Å²) in [6.45, 7) is 0. The Hall–Kier alpha value is 1.48. The van der Waals surface area contributed by atoms with Gasteiger partial charge in [0.15, 0.2) is 0 Å². The summed E-state index contributed by atoms with van der Waals surface area (Å²) in [4.78, 5) is 0. The molecule has 0 aliphatic rings. The number of hydrogen-bond donors (Lipinski definition) is 0. The second-order valence-electron chi connectivity index (χ2n) is 0. The third-order valence-corrected chi connectivity index (χ3v) is 0. The summed E-state index contributed by atoms with van der Waals surface area (Å²) in [7, 11) is 0. The molecule has 2 radical (unpaired) electrons. The Morgan fingerprint density at radius 1 is 1.25 bits per heavy atom. The van der Waals surface area contributed by atoms with Gasteiger partial charge in [0.05, 0.1) is 0 Å². The fourth-order valence-electron chi connectivity index (χ4n) is 0. The monoisotopic (exact) mass is 320 g/mol. The van der Waals surface area contributed by atoms with Gasteiger partial charge in [0, 0.05) is 16.8 Å². The fraction of sp³-hybridized carbons (Fsp3) is 0. The topological polar surface area (TPSA) is 17.1 Å². The predicted octanol–water partition coefficient (Wildman–Crippen LogP) is -0.0803. The van der Waals surface area contributed by atoms with Crippen molar-refractivity contribution in [3.8, 4) is 0 Å². The van der Waals surface area contributed by atoms with E-state index in [0.29, 0.717) is 0 Å². The van der Waals surface area contributed by atoms with E-state index < -0.39 is 0 Å². The summed E-state index contributed by atoms with van der Waals surface area (Å²) >= 11 is 0.194. The SMILES string of the molecule is Cl.[Co].[O]=[Bi]. The van der Waals surface area contributed by atoms with Gasteiger partial charge in [-0.2, -0.15) is 0 Å². The molecular formula is HBiClCoO. The van der Waals surface area contributed by atoms with Crippen LogP contribution in [-0.4, -0.2) is 24.7 Å². The maximum absolute atomic E-state index is 8.36. The maximum atomic E-state index is 8.36. The van der Waals surface area contributed by atoms with Crippen molar-refractivity contribution in [1.82, 2.24) is 0 Å². The van der Waals surface area contributed by atoms with E-state index in [1.54, 1.807) is 0 Å². The quantitative estimate of drug-likeness (QED) is 0.571. The average molecular weight is 320 g/mol. The van der Waals surface area contributed by atoms with Crippen molar-refractivity contribution in [2.24, 2.45) is 0 Å². The van der Waals surface area contributed by atoms with Crippen LogP contribution in [0.15, 0.2) is 0 Å². The number of rotatable bonds is 0. The van der Waals surface area contributed by atoms with E-state index in [-0.39, 0.29) is 53.9 Å². The molecule has 4 heavy (non-hydrogen) atoms. The van der Waals surface area contributed by atoms with Crippen LogP contribution in [-0.2, 0) is 19.6 Å². The van der Waals surface area contributed by atoms with E-state index in [4.69, 9.17) is 2.81 Å². The molecule has 0 spiro atoms. The van der Waals surface area contributed by atoms with Crippen LogP contribution in [0.3, 0.4) is 0 Å². The Labute approximate surface area is 56.4 Å². The zero-order chi connectivity index (χ0) is 2.00. The van der Waals surface area contributed by atoms with E-state index in [2.05, 4.69) is 0 Å². The van der Waals surface area contributed by atoms with Crippen molar-refractivity contribution in [3.05, 3.63) is 0 Å². The van der Waals surface area contributed by atoms with Crippen molar-refractivity contribution >= 4 is 37.1 Å². The van der Waals surface area contributed by atoms with Crippen LogP contribution < -0.4 is 0 Å². The van der Waals surface area contributed by atoms with Gasteiger partial charge in [-0.3, -0.25) is 0 Å². The molecular weight excluding hydrogens is 319 g/mol. The van der Waals surface area contributed by atoms with Crippen molar-refractivity contribution in [2.75, 3.05) is 0 Å². The van der Waals surface area contributed by atoms with Crippen LogP contribution in [0.4, 0.5) is 0 Å². The first kappa shape index (κ1) is 17.9. The standard InChI is InChI=1S/Bi.ClH.Co.O/h;1H;;. The molecule has 0 bridgehead atoms. The van der Waals surface area contributed by atoms with Crippen LogP contribution >= 0.6 is 12.4 Å². The molecule has 0 aromatic rings. The molecule has 0 saturated carbocycles. The summed E-state index contributed by atoms with van der Waals surface area (Å²) in [5, 5.41) is 0. The van der Waals surface area contributed by atoms with Gasteiger partial charge in [-0.15, -0.1) is 12.4 Å². The van der Waals surface area contributed by atoms with Crippen molar-refractivity contribution < 1.29 is 19.6 Å². The van der Waals surface area contributed by atoms with Gasteiger partial charge in [0.2, 0.25) is 0 Å². The fourth-order valence-corrected chi connectivity index (χ4v) is 0. The minimum absolute atomic E-state index is 0. The molecule has 0 rings (SSSR count). The molecule has 0 aromatic heterocycles. The average Bonchev–Trinajstić information content (AvgIpc) is 1.00. The van der Waals surface area contributed by atoms with E-state index in [1.165, 1.54) is 0 Å². The first-order chi connectivity index (χ1) is 1.00. The molecule has 0 aromatic carbocycles. The molecule has 0 aliphatic carbocycles. The van der Waals surface area contributed by atoms with Crippen LogP contribution in [0.1, 0.15) is 0 Å². The van der Waals surface area contributed by atoms with Gasteiger partial charge in [-0.05, 0) is 0 Å². The zero-order valence-corrected chi connectivity index (χ0v) is 6.93. The molecule has 28 valence electrons. The Kier molecular flexibility index (Phi) is 111. The zero-order valence-electron chi connectivity index (χ0n) is 1.60. The summed E-state index contributed by atoms with van der Waals surface area (Å²) < 4.78 is 8.36. The van der Waals surface area contributed by atoms with E-state index in [9.17, 15) is 0 Å².